The number of para-hydroxylation sites is 2. The highest BCUT2D eigenvalue weighted by Gasteiger charge is 2.19. The summed E-state index contributed by atoms with van der Waals surface area (Å²) in [5.41, 5.74) is 2.36. The Morgan fingerprint density at radius 2 is 1.86 bits per heavy atom. The van der Waals surface area contributed by atoms with E-state index < -0.39 is 5.97 Å². The molecule has 6 heteroatoms. The highest BCUT2D eigenvalue weighted by atomic mass is 16.5. The summed E-state index contributed by atoms with van der Waals surface area (Å²) in [6, 6.07) is 17.5. The third-order valence-electron chi connectivity index (χ3n) is 4.42. The first-order valence-corrected chi connectivity index (χ1v) is 9.26. The number of esters is 1. The summed E-state index contributed by atoms with van der Waals surface area (Å²) in [5, 5.41) is 2.77. The number of fused-ring (bicyclic) bond motifs is 1. The Kier molecular flexibility index (Phi) is 6.68. The van der Waals surface area contributed by atoms with E-state index in [9.17, 15) is 9.59 Å². The number of benzene rings is 2. The zero-order valence-corrected chi connectivity index (χ0v) is 15.9. The molecule has 2 aromatic carbocycles. The van der Waals surface area contributed by atoms with Gasteiger partial charge in [0.25, 0.3) is 5.91 Å². The minimum atomic E-state index is -0.534. The molecule has 0 aliphatic carbocycles. The van der Waals surface area contributed by atoms with Crippen molar-refractivity contribution in [2.24, 2.45) is 0 Å². The van der Waals surface area contributed by atoms with Gasteiger partial charge in [-0.05, 0) is 30.7 Å². The molecule has 28 heavy (non-hydrogen) atoms. The van der Waals surface area contributed by atoms with Gasteiger partial charge in [-0.2, -0.15) is 0 Å². The maximum Gasteiger partial charge on any atom is 0.338 e. The van der Waals surface area contributed by atoms with Crippen LogP contribution < -0.4 is 15.0 Å². The summed E-state index contributed by atoms with van der Waals surface area (Å²) in [6.45, 7) is 1.18. The fraction of sp³-hybridized carbons (Fsp3) is 0.273. The summed E-state index contributed by atoms with van der Waals surface area (Å²) in [4.78, 5) is 26.1. The SMILES string of the molecule is CN(CCCNC(=O)COC(=O)C1=Cc2ccccc2OC1)c1ccccc1. The van der Waals surface area contributed by atoms with Gasteiger partial charge in [-0.1, -0.05) is 36.4 Å². The van der Waals surface area contributed by atoms with Crippen LogP contribution in [0.5, 0.6) is 5.75 Å². The molecular weight excluding hydrogens is 356 g/mol. The van der Waals surface area contributed by atoms with Crippen molar-refractivity contribution in [2.45, 2.75) is 6.42 Å². The van der Waals surface area contributed by atoms with E-state index in [1.165, 1.54) is 0 Å². The molecule has 0 unspecified atom stereocenters. The van der Waals surface area contributed by atoms with Crippen LogP contribution in [0.15, 0.2) is 60.2 Å². The van der Waals surface area contributed by atoms with Gasteiger partial charge >= 0.3 is 5.97 Å². The molecule has 3 rings (SSSR count). The minimum absolute atomic E-state index is 0.142. The quantitative estimate of drug-likeness (QED) is 0.563. The van der Waals surface area contributed by atoms with E-state index in [2.05, 4.69) is 10.2 Å². The fourth-order valence-electron chi connectivity index (χ4n) is 2.86. The number of carbonyl (C=O) groups is 2. The largest absolute Gasteiger partial charge is 0.488 e. The number of hydrogen-bond acceptors (Lipinski definition) is 5. The molecule has 0 saturated carbocycles. The van der Waals surface area contributed by atoms with Crippen LogP contribution in [0.2, 0.25) is 0 Å². The number of ether oxygens (including phenoxy) is 2. The summed E-state index contributed by atoms with van der Waals surface area (Å²) < 4.78 is 10.6. The van der Waals surface area contributed by atoms with Gasteiger partial charge in [0.15, 0.2) is 6.61 Å². The topological polar surface area (TPSA) is 67.9 Å². The summed E-state index contributed by atoms with van der Waals surface area (Å²) >= 11 is 0. The molecule has 0 atom stereocenters. The molecular formula is C22H24N2O4. The van der Waals surface area contributed by atoms with Crippen molar-refractivity contribution in [3.05, 3.63) is 65.7 Å². The maximum atomic E-state index is 12.1. The Bertz CT molecular complexity index is 849. The lowest BCUT2D eigenvalue weighted by Gasteiger charge is -2.19. The van der Waals surface area contributed by atoms with Crippen molar-refractivity contribution in [3.8, 4) is 5.75 Å². The van der Waals surface area contributed by atoms with Crippen molar-refractivity contribution < 1.29 is 19.1 Å². The number of carbonyl (C=O) groups excluding carboxylic acids is 2. The molecule has 0 fully saturated rings. The van der Waals surface area contributed by atoms with Crippen molar-refractivity contribution >= 4 is 23.6 Å². The molecule has 0 radical (unpaired) electrons. The molecule has 1 aliphatic heterocycles. The summed E-state index contributed by atoms with van der Waals surface area (Å²) in [6.07, 6.45) is 2.53. The average Bonchev–Trinajstić information content (AvgIpc) is 2.75. The Hall–Kier alpha value is -3.28. The van der Waals surface area contributed by atoms with Crippen molar-refractivity contribution in [2.75, 3.05) is 38.3 Å². The molecule has 0 bridgehead atoms. The monoisotopic (exact) mass is 380 g/mol. The lowest BCUT2D eigenvalue weighted by molar-refractivity contribution is -0.145. The van der Waals surface area contributed by atoms with Gasteiger partial charge in [0, 0.05) is 31.4 Å². The average molecular weight is 380 g/mol. The molecule has 1 heterocycles. The molecule has 0 saturated heterocycles. The first-order valence-electron chi connectivity index (χ1n) is 9.26. The Balaban J connectivity index is 1.35. The summed E-state index contributed by atoms with van der Waals surface area (Å²) in [5.74, 6) is -0.112. The van der Waals surface area contributed by atoms with Gasteiger partial charge in [0.2, 0.25) is 0 Å². The number of nitrogens with one attached hydrogen (secondary N) is 1. The maximum absolute atomic E-state index is 12.1. The van der Waals surface area contributed by atoms with Crippen molar-refractivity contribution in [1.29, 1.82) is 0 Å². The standard InChI is InChI=1S/C22H24N2O4/c1-24(19-9-3-2-4-10-19)13-7-12-23-21(25)16-28-22(26)18-14-17-8-5-6-11-20(17)27-15-18/h2-6,8-11,14H,7,12-13,15-16H2,1H3,(H,23,25). The zero-order chi connectivity index (χ0) is 19.8. The van der Waals surface area contributed by atoms with E-state index >= 15 is 0 Å². The second kappa shape index (κ2) is 9.60. The van der Waals surface area contributed by atoms with Crippen molar-refractivity contribution in [3.63, 3.8) is 0 Å². The molecule has 0 aromatic heterocycles. The van der Waals surface area contributed by atoms with Crippen LogP contribution in [0.1, 0.15) is 12.0 Å². The van der Waals surface area contributed by atoms with E-state index in [1.807, 2.05) is 61.6 Å². The van der Waals surface area contributed by atoms with Gasteiger partial charge in [0.05, 0.1) is 5.57 Å². The highest BCUT2D eigenvalue weighted by Crippen LogP contribution is 2.26. The molecule has 2 aromatic rings. The predicted molar refractivity (Wildman–Crippen MR) is 108 cm³/mol. The molecule has 0 spiro atoms. The Labute approximate surface area is 164 Å². The van der Waals surface area contributed by atoms with Crippen LogP contribution in [0.25, 0.3) is 6.08 Å². The minimum Gasteiger partial charge on any atom is -0.488 e. The normalized spacial score (nSPS) is 12.2. The molecule has 6 nitrogen and oxygen atoms in total. The predicted octanol–water partition coefficient (Wildman–Crippen LogP) is 2.65. The second-order valence-electron chi connectivity index (χ2n) is 6.53. The zero-order valence-electron chi connectivity index (χ0n) is 15.9. The number of amides is 1. The van der Waals surface area contributed by atoms with Crippen LogP contribution in [-0.4, -0.2) is 45.2 Å². The number of rotatable bonds is 8. The molecule has 1 N–H and O–H groups in total. The molecule has 1 amide bonds. The number of anilines is 1. The first kappa shape index (κ1) is 19.5. The van der Waals surface area contributed by atoms with E-state index in [0.29, 0.717) is 12.1 Å². The van der Waals surface area contributed by atoms with Gasteiger partial charge in [-0.25, -0.2) is 4.79 Å². The van der Waals surface area contributed by atoms with Crippen LogP contribution in [0, 0.1) is 0 Å². The lowest BCUT2D eigenvalue weighted by atomic mass is 10.1. The number of nitrogens with zero attached hydrogens (tertiary/aromatic N) is 1. The fourth-order valence-corrected chi connectivity index (χ4v) is 2.86. The van der Waals surface area contributed by atoms with E-state index in [-0.39, 0.29) is 19.1 Å². The van der Waals surface area contributed by atoms with Gasteiger partial charge < -0.3 is 19.7 Å². The molecule has 146 valence electrons. The smallest absolute Gasteiger partial charge is 0.338 e. The summed E-state index contributed by atoms with van der Waals surface area (Å²) in [7, 11) is 2.01. The molecule has 1 aliphatic rings. The van der Waals surface area contributed by atoms with E-state index in [4.69, 9.17) is 9.47 Å². The first-order chi connectivity index (χ1) is 13.6. The van der Waals surface area contributed by atoms with Crippen LogP contribution in [0.3, 0.4) is 0 Å². The van der Waals surface area contributed by atoms with Gasteiger partial charge in [0.1, 0.15) is 12.4 Å². The Morgan fingerprint density at radius 3 is 2.68 bits per heavy atom. The van der Waals surface area contributed by atoms with Gasteiger partial charge in [-0.15, -0.1) is 0 Å². The second-order valence-corrected chi connectivity index (χ2v) is 6.53. The Morgan fingerprint density at radius 1 is 1.11 bits per heavy atom. The third-order valence-corrected chi connectivity index (χ3v) is 4.42. The van der Waals surface area contributed by atoms with Crippen LogP contribution in [-0.2, 0) is 14.3 Å². The number of hydrogen-bond donors (Lipinski definition) is 1. The third kappa shape index (κ3) is 5.36. The van der Waals surface area contributed by atoms with Gasteiger partial charge in [-0.3, -0.25) is 4.79 Å². The van der Waals surface area contributed by atoms with Crippen LogP contribution >= 0.6 is 0 Å². The highest BCUT2D eigenvalue weighted by molar-refractivity contribution is 5.96. The lowest BCUT2D eigenvalue weighted by Crippen LogP contribution is -2.32. The van der Waals surface area contributed by atoms with Crippen molar-refractivity contribution in [1.82, 2.24) is 5.32 Å². The van der Waals surface area contributed by atoms with Crippen LogP contribution in [0.4, 0.5) is 5.69 Å². The van der Waals surface area contributed by atoms with E-state index in [1.54, 1.807) is 6.08 Å². The van der Waals surface area contributed by atoms with E-state index in [0.717, 1.165) is 30.0 Å².